The lowest BCUT2D eigenvalue weighted by Crippen LogP contribution is -2.30. The van der Waals surface area contributed by atoms with Gasteiger partial charge in [0.2, 0.25) is 0 Å². The molecule has 0 rings (SSSR count). The van der Waals surface area contributed by atoms with Crippen molar-refractivity contribution in [3.8, 4) is 0 Å². The highest BCUT2D eigenvalue weighted by atomic mass is 16.6. The normalized spacial score (nSPS) is 12.8. The van der Waals surface area contributed by atoms with E-state index >= 15 is 0 Å². The third-order valence-corrected chi connectivity index (χ3v) is 11.2. The van der Waals surface area contributed by atoms with Crippen LogP contribution in [0.4, 0.5) is 0 Å². The van der Waals surface area contributed by atoms with Gasteiger partial charge in [0.1, 0.15) is 13.2 Å². The summed E-state index contributed by atoms with van der Waals surface area (Å²) in [4.78, 5) is 38.0. The van der Waals surface area contributed by atoms with Gasteiger partial charge in [-0.15, -0.1) is 0 Å². The smallest absolute Gasteiger partial charge is 0.306 e. The maximum absolute atomic E-state index is 12.8. The Bertz CT molecular complexity index is 1310. The maximum atomic E-state index is 12.8. The fourth-order valence-electron chi connectivity index (χ4n) is 7.09. The van der Waals surface area contributed by atoms with Gasteiger partial charge in [-0.1, -0.05) is 234 Å². The molecule has 0 radical (unpaired) electrons. The monoisotopic (exact) mass is 903 g/mol. The Labute approximate surface area is 400 Å². The topological polar surface area (TPSA) is 78.9 Å². The Kier molecular flexibility index (Phi) is 50.0. The molecule has 6 heteroatoms. The number of carbonyl (C=O) groups is 3. The van der Waals surface area contributed by atoms with Gasteiger partial charge < -0.3 is 14.2 Å². The Morgan fingerprint density at radius 2 is 0.615 bits per heavy atom. The first-order valence-corrected chi connectivity index (χ1v) is 26.8. The molecule has 0 fully saturated rings. The van der Waals surface area contributed by atoms with Crippen molar-refractivity contribution in [3.63, 3.8) is 0 Å². The number of rotatable bonds is 47. The summed E-state index contributed by atoms with van der Waals surface area (Å²) in [6.45, 7) is 6.44. The summed E-state index contributed by atoms with van der Waals surface area (Å²) in [6.07, 6.45) is 69.6. The Morgan fingerprint density at radius 1 is 0.308 bits per heavy atom. The van der Waals surface area contributed by atoms with E-state index in [0.717, 1.165) is 103 Å². The van der Waals surface area contributed by atoms with Crippen molar-refractivity contribution in [3.05, 3.63) is 97.2 Å². The highest BCUT2D eigenvalue weighted by Gasteiger charge is 2.19. The lowest BCUT2D eigenvalue weighted by molar-refractivity contribution is -0.167. The van der Waals surface area contributed by atoms with E-state index in [4.69, 9.17) is 14.2 Å². The second-order valence-corrected chi connectivity index (χ2v) is 17.6. The molecule has 370 valence electrons. The van der Waals surface area contributed by atoms with E-state index in [9.17, 15) is 14.4 Å². The molecule has 0 N–H and O–H groups in total. The van der Waals surface area contributed by atoms with Crippen LogP contribution in [0, 0.1) is 0 Å². The van der Waals surface area contributed by atoms with Crippen LogP contribution in [-0.4, -0.2) is 37.2 Å². The molecule has 0 aromatic rings. The second kappa shape index (κ2) is 52.9. The molecule has 6 nitrogen and oxygen atoms in total. The summed E-state index contributed by atoms with van der Waals surface area (Å²) in [6, 6.07) is 0. The first-order valence-electron chi connectivity index (χ1n) is 26.8. The van der Waals surface area contributed by atoms with Gasteiger partial charge in [0.05, 0.1) is 0 Å². The zero-order chi connectivity index (χ0) is 47.2. The highest BCUT2D eigenvalue weighted by molar-refractivity contribution is 5.71. The summed E-state index contributed by atoms with van der Waals surface area (Å²) in [5.41, 5.74) is 0. The number of hydrogen-bond donors (Lipinski definition) is 0. The highest BCUT2D eigenvalue weighted by Crippen LogP contribution is 2.14. The van der Waals surface area contributed by atoms with Crippen LogP contribution < -0.4 is 0 Å². The molecule has 0 aliphatic heterocycles. The van der Waals surface area contributed by atoms with Crippen LogP contribution in [0.3, 0.4) is 0 Å². The number of carbonyl (C=O) groups excluding carboxylic acids is 3. The van der Waals surface area contributed by atoms with Crippen LogP contribution in [0.5, 0.6) is 0 Å². The molecule has 0 spiro atoms. The molecule has 0 saturated heterocycles. The zero-order valence-electron chi connectivity index (χ0n) is 42.2. The average molecular weight is 903 g/mol. The van der Waals surface area contributed by atoms with Gasteiger partial charge >= 0.3 is 17.9 Å². The van der Waals surface area contributed by atoms with Gasteiger partial charge in [-0.2, -0.15) is 0 Å². The molecule has 65 heavy (non-hydrogen) atoms. The largest absolute Gasteiger partial charge is 0.462 e. The number of hydrogen-bond acceptors (Lipinski definition) is 6. The fourth-order valence-corrected chi connectivity index (χ4v) is 7.09. The fraction of sp³-hybridized carbons (Fsp3) is 0.678. The van der Waals surface area contributed by atoms with E-state index in [-0.39, 0.29) is 31.1 Å². The van der Waals surface area contributed by atoms with Crippen molar-refractivity contribution in [1.82, 2.24) is 0 Å². The molecule has 1 atom stereocenters. The van der Waals surface area contributed by atoms with Gasteiger partial charge in [0.15, 0.2) is 6.10 Å². The van der Waals surface area contributed by atoms with Gasteiger partial charge in [0.25, 0.3) is 0 Å². The lowest BCUT2D eigenvalue weighted by atomic mass is 10.1. The molecule has 0 aromatic heterocycles. The molecule has 0 aromatic carbocycles. The summed E-state index contributed by atoms with van der Waals surface area (Å²) in [5, 5.41) is 0. The molecule has 0 heterocycles. The minimum atomic E-state index is -0.797. The van der Waals surface area contributed by atoms with E-state index in [1.165, 1.54) is 96.3 Å². The van der Waals surface area contributed by atoms with Crippen molar-refractivity contribution >= 4 is 17.9 Å². The van der Waals surface area contributed by atoms with Crippen LogP contribution in [0.15, 0.2) is 97.2 Å². The molecular weight excluding hydrogens is 805 g/mol. The Balaban J connectivity index is 4.41. The Hall–Kier alpha value is -3.67. The van der Waals surface area contributed by atoms with Gasteiger partial charge in [-0.25, -0.2) is 0 Å². The lowest BCUT2D eigenvalue weighted by Gasteiger charge is -2.18. The van der Waals surface area contributed by atoms with Crippen molar-refractivity contribution in [1.29, 1.82) is 0 Å². The minimum absolute atomic E-state index is 0.0944. The predicted octanol–water partition coefficient (Wildman–Crippen LogP) is 17.8. The van der Waals surface area contributed by atoms with E-state index in [1.54, 1.807) is 0 Å². The summed E-state index contributed by atoms with van der Waals surface area (Å²) < 4.78 is 16.8. The third kappa shape index (κ3) is 51.2. The minimum Gasteiger partial charge on any atom is -0.462 e. The molecule has 0 aliphatic rings. The van der Waals surface area contributed by atoms with Crippen LogP contribution in [0.1, 0.15) is 239 Å². The van der Waals surface area contributed by atoms with Crippen LogP contribution >= 0.6 is 0 Å². The standard InChI is InChI=1S/C59H98O6/c1-4-7-10-13-16-19-22-24-26-28-30-32-33-35-37-40-43-46-49-52-58(61)64-55-56(54-63-57(60)51-48-45-42-39-21-18-15-12-9-6-3)65-59(62)53-50-47-44-41-38-36-34-31-29-27-25-23-20-17-14-11-8-5-2/h11,14-20,22-25,27,29,31,34,56H,4-10,12-13,21,26,28,30,32-33,35-55H2,1-3H3/b14-11-,18-15-,19-16-,20-17-,24-22-,25-23-,29-27-,34-31-. The number of allylic oxidation sites excluding steroid dienone is 16. The maximum Gasteiger partial charge on any atom is 0.306 e. The van der Waals surface area contributed by atoms with Crippen LogP contribution in [0.2, 0.25) is 0 Å². The van der Waals surface area contributed by atoms with E-state index in [2.05, 4.69) is 93.7 Å². The van der Waals surface area contributed by atoms with Gasteiger partial charge in [-0.3, -0.25) is 14.4 Å². The molecule has 0 saturated carbocycles. The Morgan fingerprint density at radius 3 is 1.03 bits per heavy atom. The third-order valence-electron chi connectivity index (χ3n) is 11.2. The summed E-state index contributed by atoms with van der Waals surface area (Å²) >= 11 is 0. The van der Waals surface area contributed by atoms with Gasteiger partial charge in [0, 0.05) is 19.3 Å². The quantitative estimate of drug-likeness (QED) is 0.0199. The van der Waals surface area contributed by atoms with Crippen LogP contribution in [0.25, 0.3) is 0 Å². The molecule has 0 amide bonds. The number of esters is 3. The molecule has 0 aliphatic carbocycles. The van der Waals surface area contributed by atoms with Crippen molar-refractivity contribution in [2.75, 3.05) is 13.2 Å². The van der Waals surface area contributed by atoms with Crippen molar-refractivity contribution in [2.45, 2.75) is 245 Å². The second-order valence-electron chi connectivity index (χ2n) is 17.6. The van der Waals surface area contributed by atoms with E-state index < -0.39 is 6.10 Å². The molecule has 1 unspecified atom stereocenters. The number of unbranched alkanes of at least 4 members (excludes halogenated alkanes) is 25. The molecule has 0 bridgehead atoms. The van der Waals surface area contributed by atoms with Crippen molar-refractivity contribution < 1.29 is 28.6 Å². The van der Waals surface area contributed by atoms with Gasteiger partial charge in [-0.05, 0) is 83.5 Å². The predicted molar refractivity (Wildman–Crippen MR) is 279 cm³/mol. The molecular formula is C59H98O6. The SMILES string of the molecule is CCC\C=C/C=C\C=C/C=C\C=C/CCCCCCCC(=O)OC(COC(=O)CCCCCC/C=C\CCCC)COC(=O)CCCCCCCCCCCC/C=C\C=C/CCCCC. The van der Waals surface area contributed by atoms with E-state index in [0.29, 0.717) is 19.3 Å². The number of ether oxygens (including phenoxy) is 3. The van der Waals surface area contributed by atoms with Crippen molar-refractivity contribution in [2.24, 2.45) is 0 Å². The summed E-state index contributed by atoms with van der Waals surface area (Å²) in [5.74, 6) is -0.939. The first-order chi connectivity index (χ1) is 32.0. The zero-order valence-corrected chi connectivity index (χ0v) is 42.2. The van der Waals surface area contributed by atoms with E-state index in [1.807, 2.05) is 24.3 Å². The van der Waals surface area contributed by atoms with Crippen LogP contribution in [-0.2, 0) is 28.6 Å². The first kappa shape index (κ1) is 61.3. The summed E-state index contributed by atoms with van der Waals surface area (Å²) in [7, 11) is 0. The average Bonchev–Trinajstić information content (AvgIpc) is 3.30.